The number of nitrogens with zero attached hydrogens (tertiary/aromatic N) is 2. The molecule has 1 amide bonds. The molecule has 5 rings (SSSR count). The molecule has 1 N–H and O–H groups in total. The first-order valence-electron chi connectivity index (χ1n) is 12.6. The third-order valence-electron chi connectivity index (χ3n) is 6.50. The van der Waals surface area contributed by atoms with E-state index in [-0.39, 0.29) is 16.6 Å². The number of carbonyl (C=O) groups is 1. The van der Waals surface area contributed by atoms with E-state index in [0.29, 0.717) is 37.0 Å². The Labute approximate surface area is 232 Å². The lowest BCUT2D eigenvalue weighted by molar-refractivity contribution is 0.0981. The Bertz CT molecular complexity index is 1580. The van der Waals surface area contributed by atoms with Gasteiger partial charge in [0, 0.05) is 23.7 Å². The monoisotopic (exact) mass is 563 g/mol. The Morgan fingerprint density at radius 2 is 1.77 bits per heavy atom. The van der Waals surface area contributed by atoms with Gasteiger partial charge in [0.1, 0.15) is 11.9 Å². The molecular weight excluding hydrogens is 534 g/mol. The molecule has 0 aliphatic carbocycles. The molecule has 0 spiro atoms. The minimum atomic E-state index is -4.03. The predicted molar refractivity (Wildman–Crippen MR) is 147 cm³/mol. The van der Waals surface area contributed by atoms with Crippen molar-refractivity contribution in [1.82, 2.24) is 14.5 Å². The number of sulfonamides is 1. The smallest absolute Gasteiger partial charge is 0.264 e. The van der Waals surface area contributed by atoms with Crippen molar-refractivity contribution in [3.8, 4) is 28.5 Å². The number of hydrogen-bond acceptors (Lipinski definition) is 8. The van der Waals surface area contributed by atoms with Gasteiger partial charge in [0.15, 0.2) is 11.5 Å². The van der Waals surface area contributed by atoms with Crippen LogP contribution in [0.15, 0.2) is 83.9 Å². The summed E-state index contributed by atoms with van der Waals surface area (Å²) in [4.78, 5) is 12.6. The highest BCUT2D eigenvalue weighted by Gasteiger charge is 2.21. The first-order chi connectivity index (χ1) is 19.4. The van der Waals surface area contributed by atoms with Gasteiger partial charge in [-0.3, -0.25) is 9.48 Å². The highest BCUT2D eigenvalue weighted by atomic mass is 32.2. The van der Waals surface area contributed by atoms with Crippen LogP contribution in [-0.4, -0.2) is 57.6 Å². The first-order valence-corrected chi connectivity index (χ1v) is 14.1. The van der Waals surface area contributed by atoms with Gasteiger partial charge in [-0.25, -0.2) is 13.1 Å². The van der Waals surface area contributed by atoms with Crippen LogP contribution in [0.3, 0.4) is 0 Å². The van der Waals surface area contributed by atoms with Crippen molar-refractivity contribution < 1.29 is 32.2 Å². The summed E-state index contributed by atoms with van der Waals surface area (Å²) in [6, 6.07) is 20.1. The second-order valence-corrected chi connectivity index (χ2v) is 10.8. The van der Waals surface area contributed by atoms with Crippen LogP contribution in [0.2, 0.25) is 0 Å². The summed E-state index contributed by atoms with van der Waals surface area (Å²) in [7, 11) is -0.939. The lowest BCUT2D eigenvalue weighted by Crippen LogP contribution is -2.30. The van der Waals surface area contributed by atoms with Crippen LogP contribution in [0.4, 0.5) is 0 Å². The van der Waals surface area contributed by atoms with Crippen LogP contribution in [0, 0.1) is 0 Å². The van der Waals surface area contributed by atoms with Crippen LogP contribution in [0.5, 0.6) is 17.2 Å². The second kappa shape index (κ2) is 11.8. The number of ether oxygens (including phenoxy) is 4. The molecule has 1 aromatic heterocycles. The number of methoxy groups -OCH3 is 2. The molecule has 4 aromatic rings. The molecule has 40 heavy (non-hydrogen) atoms. The molecule has 11 heteroatoms. The van der Waals surface area contributed by atoms with Crippen molar-refractivity contribution in [2.75, 3.05) is 27.4 Å². The fraction of sp³-hybridized carbons (Fsp3) is 0.241. The highest BCUT2D eigenvalue weighted by Crippen LogP contribution is 2.34. The molecule has 0 bridgehead atoms. The maximum Gasteiger partial charge on any atom is 0.264 e. The van der Waals surface area contributed by atoms with Crippen LogP contribution < -0.4 is 18.9 Å². The van der Waals surface area contributed by atoms with E-state index in [9.17, 15) is 13.2 Å². The van der Waals surface area contributed by atoms with E-state index in [2.05, 4.69) is 9.82 Å². The van der Waals surface area contributed by atoms with Crippen LogP contribution in [0.1, 0.15) is 22.3 Å². The molecule has 2 heterocycles. The third-order valence-corrected chi connectivity index (χ3v) is 7.85. The van der Waals surface area contributed by atoms with E-state index in [0.717, 1.165) is 23.2 Å². The summed E-state index contributed by atoms with van der Waals surface area (Å²) < 4.78 is 51.3. The average Bonchev–Trinajstić information content (AvgIpc) is 3.65. The van der Waals surface area contributed by atoms with Crippen molar-refractivity contribution in [1.29, 1.82) is 0 Å². The van der Waals surface area contributed by atoms with Crippen molar-refractivity contribution in [3.05, 3.63) is 90.1 Å². The van der Waals surface area contributed by atoms with Gasteiger partial charge in [-0.15, -0.1) is 0 Å². The average molecular weight is 564 g/mol. The van der Waals surface area contributed by atoms with Crippen molar-refractivity contribution in [3.63, 3.8) is 0 Å². The predicted octanol–water partition coefficient (Wildman–Crippen LogP) is 3.90. The van der Waals surface area contributed by atoms with Gasteiger partial charge in [-0.05, 0) is 66.2 Å². The molecule has 0 radical (unpaired) electrons. The maximum atomic E-state index is 12.7. The van der Waals surface area contributed by atoms with Gasteiger partial charge in [0.2, 0.25) is 0 Å². The Balaban J connectivity index is 1.28. The normalized spacial score (nSPS) is 15.0. The van der Waals surface area contributed by atoms with Crippen molar-refractivity contribution >= 4 is 15.9 Å². The summed E-state index contributed by atoms with van der Waals surface area (Å²) >= 11 is 0. The van der Waals surface area contributed by atoms with Crippen molar-refractivity contribution in [2.24, 2.45) is 0 Å². The van der Waals surface area contributed by atoms with E-state index in [1.807, 2.05) is 28.9 Å². The van der Waals surface area contributed by atoms with Crippen LogP contribution in [-0.2, 0) is 21.3 Å². The summed E-state index contributed by atoms with van der Waals surface area (Å²) in [6.45, 7) is 1.66. The molecule has 1 aliphatic rings. The zero-order valence-corrected chi connectivity index (χ0v) is 22.9. The van der Waals surface area contributed by atoms with Gasteiger partial charge < -0.3 is 18.9 Å². The highest BCUT2D eigenvalue weighted by molar-refractivity contribution is 7.90. The Kier molecular flexibility index (Phi) is 8.04. The largest absolute Gasteiger partial charge is 0.497 e. The number of nitrogens with one attached hydrogen (secondary N) is 1. The van der Waals surface area contributed by atoms with Crippen LogP contribution >= 0.6 is 0 Å². The molecule has 208 valence electrons. The lowest BCUT2D eigenvalue weighted by Gasteiger charge is -2.16. The SMILES string of the molecule is COc1ccc(S(=O)(=O)NC(=O)c2ccc(Cn3nccc3-c3ccc(OC)c(OC4CCOC4)c3)cc2)cc1. The number of hydrogen-bond donors (Lipinski definition) is 1. The zero-order chi connectivity index (χ0) is 28.1. The van der Waals surface area contributed by atoms with Crippen LogP contribution in [0.25, 0.3) is 11.3 Å². The minimum Gasteiger partial charge on any atom is -0.497 e. The third kappa shape index (κ3) is 6.11. The molecule has 10 nitrogen and oxygen atoms in total. The van der Waals surface area contributed by atoms with Gasteiger partial charge in [-0.1, -0.05) is 12.1 Å². The number of carbonyl (C=O) groups excluding carboxylic acids is 1. The standard InChI is InChI=1S/C29H29N3O7S/c1-36-23-8-10-25(11-9-23)40(34,35)31-29(33)21-5-3-20(4-6-21)18-32-26(13-15-30-32)22-7-12-27(37-2)28(17-22)39-24-14-16-38-19-24/h3-13,15,17,24H,14,16,18-19H2,1-2H3,(H,31,33). The summed E-state index contributed by atoms with van der Waals surface area (Å²) in [5.74, 6) is 1.08. The number of rotatable bonds is 10. The maximum absolute atomic E-state index is 12.7. The Morgan fingerprint density at radius 3 is 2.45 bits per heavy atom. The molecular formula is C29H29N3O7S. The Hall–Kier alpha value is -4.35. The zero-order valence-electron chi connectivity index (χ0n) is 22.1. The van der Waals surface area contributed by atoms with E-state index in [1.165, 1.54) is 31.4 Å². The van der Waals surface area contributed by atoms with E-state index >= 15 is 0 Å². The van der Waals surface area contributed by atoms with E-state index in [4.69, 9.17) is 18.9 Å². The van der Waals surface area contributed by atoms with Crippen molar-refractivity contribution in [2.45, 2.75) is 24.0 Å². The summed E-state index contributed by atoms with van der Waals surface area (Å²) in [5.41, 5.74) is 2.89. The molecule has 1 aliphatic heterocycles. The van der Waals surface area contributed by atoms with E-state index < -0.39 is 15.9 Å². The molecule has 1 atom stereocenters. The summed E-state index contributed by atoms with van der Waals surface area (Å²) in [6.07, 6.45) is 2.53. The quantitative estimate of drug-likeness (QED) is 0.309. The topological polar surface area (TPSA) is 118 Å². The van der Waals surface area contributed by atoms with Gasteiger partial charge in [0.25, 0.3) is 15.9 Å². The summed E-state index contributed by atoms with van der Waals surface area (Å²) in [5, 5.41) is 4.47. The van der Waals surface area contributed by atoms with E-state index in [1.54, 1.807) is 37.6 Å². The Morgan fingerprint density at radius 1 is 1.00 bits per heavy atom. The molecule has 0 saturated carbocycles. The molecule has 1 fully saturated rings. The fourth-order valence-electron chi connectivity index (χ4n) is 4.35. The fourth-order valence-corrected chi connectivity index (χ4v) is 5.32. The second-order valence-electron chi connectivity index (χ2n) is 9.15. The number of amides is 1. The van der Waals surface area contributed by atoms with Gasteiger partial charge in [-0.2, -0.15) is 5.10 Å². The molecule has 1 saturated heterocycles. The lowest BCUT2D eigenvalue weighted by atomic mass is 10.1. The molecule has 3 aromatic carbocycles. The van der Waals surface area contributed by atoms with Gasteiger partial charge >= 0.3 is 0 Å². The minimum absolute atomic E-state index is 0.0176. The number of benzene rings is 3. The van der Waals surface area contributed by atoms with Gasteiger partial charge in [0.05, 0.1) is 44.6 Å². The molecule has 1 unspecified atom stereocenters. The first kappa shape index (κ1) is 27.2. The number of aromatic nitrogens is 2.